The molecule has 0 aliphatic carbocycles. The zero-order chi connectivity index (χ0) is 21.6. The molecule has 0 fully saturated rings. The fourth-order valence-corrected chi connectivity index (χ4v) is 4.48. The Bertz CT molecular complexity index is 1090. The van der Waals surface area contributed by atoms with E-state index in [9.17, 15) is 17.6 Å². The van der Waals surface area contributed by atoms with Crippen molar-refractivity contribution in [1.29, 1.82) is 0 Å². The van der Waals surface area contributed by atoms with Crippen LogP contribution in [0.3, 0.4) is 0 Å². The zero-order valence-corrected chi connectivity index (χ0v) is 17.3. The van der Waals surface area contributed by atoms with Gasteiger partial charge in [-0.25, -0.2) is 12.8 Å². The van der Waals surface area contributed by atoms with Gasteiger partial charge in [-0.3, -0.25) is 9.10 Å². The molecule has 0 aliphatic rings. The van der Waals surface area contributed by atoms with Crippen LogP contribution in [0.4, 0.5) is 10.1 Å². The third-order valence-corrected chi connectivity index (χ3v) is 6.49. The molecular formula is C23H23FN2O3S. The molecule has 30 heavy (non-hydrogen) atoms. The van der Waals surface area contributed by atoms with E-state index in [1.165, 1.54) is 30.3 Å². The molecule has 0 unspecified atom stereocenters. The molecule has 0 saturated carbocycles. The van der Waals surface area contributed by atoms with Gasteiger partial charge >= 0.3 is 0 Å². The Balaban J connectivity index is 1.81. The number of rotatable bonds is 8. The molecule has 3 rings (SSSR count). The first-order valence-corrected chi connectivity index (χ1v) is 11.0. The van der Waals surface area contributed by atoms with Crippen LogP contribution in [-0.2, 0) is 14.8 Å². The summed E-state index contributed by atoms with van der Waals surface area (Å²) in [5, 5.41) is 2.76. The third-order valence-electron chi connectivity index (χ3n) is 4.71. The molecule has 0 radical (unpaired) electrons. The molecule has 1 amide bonds. The minimum Gasteiger partial charge on any atom is -0.354 e. The molecule has 1 N–H and O–H groups in total. The number of sulfonamides is 1. The van der Waals surface area contributed by atoms with Gasteiger partial charge in [-0.2, -0.15) is 0 Å². The van der Waals surface area contributed by atoms with Gasteiger partial charge in [-0.05, 0) is 35.7 Å². The van der Waals surface area contributed by atoms with Crippen LogP contribution in [0.5, 0.6) is 0 Å². The fraction of sp³-hybridized carbons (Fsp3) is 0.174. The second kappa shape index (κ2) is 9.54. The minimum absolute atomic E-state index is 0.0151. The minimum atomic E-state index is -4.13. The summed E-state index contributed by atoms with van der Waals surface area (Å²) in [6.07, 6.45) is 0. The Hall–Kier alpha value is -3.19. The number of carbonyl (C=O) groups is 1. The van der Waals surface area contributed by atoms with E-state index in [1.807, 2.05) is 37.3 Å². The smallest absolute Gasteiger partial charge is 0.264 e. The van der Waals surface area contributed by atoms with Gasteiger partial charge in [-0.1, -0.05) is 67.6 Å². The second-order valence-corrected chi connectivity index (χ2v) is 8.75. The Morgan fingerprint density at radius 3 is 2.13 bits per heavy atom. The second-order valence-electron chi connectivity index (χ2n) is 6.89. The summed E-state index contributed by atoms with van der Waals surface area (Å²) in [4.78, 5) is 12.6. The summed E-state index contributed by atoms with van der Waals surface area (Å²) < 4.78 is 41.6. The number of nitrogens with one attached hydrogen (secondary N) is 1. The highest BCUT2D eigenvalue weighted by atomic mass is 32.2. The van der Waals surface area contributed by atoms with Crippen LogP contribution in [0.25, 0.3) is 0 Å². The molecule has 1 atom stereocenters. The van der Waals surface area contributed by atoms with Crippen molar-refractivity contribution in [2.45, 2.75) is 17.7 Å². The molecule has 3 aromatic carbocycles. The highest BCUT2D eigenvalue weighted by molar-refractivity contribution is 7.92. The van der Waals surface area contributed by atoms with Crippen molar-refractivity contribution < 1.29 is 17.6 Å². The maximum Gasteiger partial charge on any atom is 0.264 e. The van der Waals surface area contributed by atoms with E-state index in [2.05, 4.69) is 5.32 Å². The predicted octanol–water partition coefficient (Wildman–Crippen LogP) is 3.94. The van der Waals surface area contributed by atoms with E-state index in [-0.39, 0.29) is 16.5 Å². The van der Waals surface area contributed by atoms with E-state index in [4.69, 9.17) is 0 Å². The molecule has 0 aromatic heterocycles. The lowest BCUT2D eigenvalue weighted by Crippen LogP contribution is -2.42. The summed E-state index contributed by atoms with van der Waals surface area (Å²) in [5.74, 6) is -1.19. The third kappa shape index (κ3) is 5.04. The average molecular weight is 427 g/mol. The first-order chi connectivity index (χ1) is 14.4. The Kier molecular flexibility index (Phi) is 6.84. The van der Waals surface area contributed by atoms with Crippen LogP contribution in [0.2, 0.25) is 0 Å². The molecule has 156 valence electrons. The summed E-state index contributed by atoms with van der Waals surface area (Å²) in [6.45, 7) is 1.77. The largest absolute Gasteiger partial charge is 0.354 e. The number of hydrogen-bond donors (Lipinski definition) is 1. The lowest BCUT2D eigenvalue weighted by Gasteiger charge is -2.25. The number of nitrogens with zero attached hydrogens (tertiary/aromatic N) is 1. The van der Waals surface area contributed by atoms with Crippen molar-refractivity contribution in [3.63, 3.8) is 0 Å². The molecule has 0 spiro atoms. The lowest BCUT2D eigenvalue weighted by atomic mass is 10.0. The van der Waals surface area contributed by atoms with Crippen molar-refractivity contribution in [2.24, 2.45) is 0 Å². The quantitative estimate of drug-likeness (QED) is 0.593. The van der Waals surface area contributed by atoms with E-state index in [1.54, 1.807) is 18.2 Å². The van der Waals surface area contributed by atoms with E-state index in [0.717, 1.165) is 15.9 Å². The summed E-state index contributed by atoms with van der Waals surface area (Å²) in [6, 6.07) is 22.8. The predicted molar refractivity (Wildman–Crippen MR) is 115 cm³/mol. The molecule has 0 saturated heterocycles. The van der Waals surface area contributed by atoms with E-state index < -0.39 is 28.3 Å². The Labute approximate surface area is 176 Å². The number of halogens is 1. The SMILES string of the molecule is C[C@@H](CNC(=O)CN(c1ccccc1F)S(=O)(=O)c1ccccc1)c1ccccc1. The fourth-order valence-electron chi connectivity index (χ4n) is 3.03. The van der Waals surface area contributed by atoms with Gasteiger partial charge in [0.1, 0.15) is 12.4 Å². The maximum atomic E-state index is 14.4. The van der Waals surface area contributed by atoms with Crippen molar-refractivity contribution in [1.82, 2.24) is 5.32 Å². The first kappa shape index (κ1) is 21.5. The Morgan fingerprint density at radius 2 is 1.50 bits per heavy atom. The first-order valence-electron chi connectivity index (χ1n) is 9.53. The number of carbonyl (C=O) groups excluding carboxylic acids is 1. The normalized spacial score (nSPS) is 12.2. The number of hydrogen-bond acceptors (Lipinski definition) is 3. The van der Waals surface area contributed by atoms with Gasteiger partial charge in [0.25, 0.3) is 10.0 Å². The van der Waals surface area contributed by atoms with Crippen LogP contribution in [-0.4, -0.2) is 27.4 Å². The van der Waals surface area contributed by atoms with Gasteiger partial charge in [0.15, 0.2) is 0 Å². The Morgan fingerprint density at radius 1 is 0.933 bits per heavy atom. The highest BCUT2D eigenvalue weighted by Crippen LogP contribution is 2.26. The van der Waals surface area contributed by atoms with E-state index >= 15 is 0 Å². The monoisotopic (exact) mass is 426 g/mol. The van der Waals surface area contributed by atoms with Gasteiger partial charge < -0.3 is 5.32 Å². The molecule has 0 aliphatic heterocycles. The van der Waals surface area contributed by atoms with Crippen molar-refractivity contribution >= 4 is 21.6 Å². The number of benzene rings is 3. The highest BCUT2D eigenvalue weighted by Gasteiger charge is 2.29. The topological polar surface area (TPSA) is 66.5 Å². The maximum absolute atomic E-state index is 14.4. The van der Waals surface area contributed by atoms with Crippen molar-refractivity contribution in [3.05, 3.63) is 96.3 Å². The van der Waals surface area contributed by atoms with Crippen LogP contribution < -0.4 is 9.62 Å². The van der Waals surface area contributed by atoms with Crippen molar-refractivity contribution in [3.8, 4) is 0 Å². The molecular weight excluding hydrogens is 403 g/mol. The number of para-hydroxylation sites is 1. The molecule has 0 bridgehead atoms. The summed E-state index contributed by atoms with van der Waals surface area (Å²) in [7, 11) is -4.13. The van der Waals surface area contributed by atoms with E-state index in [0.29, 0.717) is 6.54 Å². The van der Waals surface area contributed by atoms with Crippen molar-refractivity contribution in [2.75, 3.05) is 17.4 Å². The lowest BCUT2D eigenvalue weighted by molar-refractivity contribution is -0.119. The van der Waals surface area contributed by atoms with Crippen LogP contribution in [0.1, 0.15) is 18.4 Å². The summed E-state index contributed by atoms with van der Waals surface area (Å²) >= 11 is 0. The van der Waals surface area contributed by atoms with Crippen LogP contribution >= 0.6 is 0 Å². The van der Waals surface area contributed by atoms with Gasteiger partial charge in [0, 0.05) is 6.54 Å². The number of amides is 1. The zero-order valence-electron chi connectivity index (χ0n) is 16.5. The average Bonchev–Trinajstić information content (AvgIpc) is 2.77. The molecule has 3 aromatic rings. The molecule has 7 heteroatoms. The summed E-state index contributed by atoms with van der Waals surface area (Å²) in [5.41, 5.74) is 0.883. The van der Waals surface area contributed by atoms with Crippen LogP contribution in [0, 0.1) is 5.82 Å². The number of anilines is 1. The standard InChI is InChI=1S/C23H23FN2O3S/c1-18(19-10-4-2-5-11-19)16-25-23(27)17-26(22-15-9-8-14-21(22)24)30(28,29)20-12-6-3-7-13-20/h2-15,18H,16-17H2,1H3,(H,25,27)/t18-/m0/s1. The van der Waals surface area contributed by atoms with Crippen LogP contribution in [0.15, 0.2) is 89.8 Å². The van der Waals surface area contributed by atoms with Gasteiger partial charge in [-0.15, -0.1) is 0 Å². The van der Waals surface area contributed by atoms with Gasteiger partial charge in [0.2, 0.25) is 5.91 Å². The molecule has 5 nitrogen and oxygen atoms in total. The van der Waals surface area contributed by atoms with Gasteiger partial charge in [0.05, 0.1) is 10.6 Å². The molecule has 0 heterocycles.